The number of para-hydroxylation sites is 1. The number of benzene rings is 2. The molecular weight excluding hydrogens is 483 g/mol. The first-order chi connectivity index (χ1) is 17.2. The maximum absolute atomic E-state index is 13.6. The molecule has 2 aromatic carbocycles. The highest BCUT2D eigenvalue weighted by Crippen LogP contribution is 2.32. The third-order valence-electron chi connectivity index (χ3n) is 6.58. The standard InChI is InChI=1S/C26H29FN4O4S/c1-18(2)17-35-26(32)30-10-8-29(9-11-30)24-5-3-4-19-13-23(14-28-25(19)24)36(33,34)31-15-20-6-7-22(27)12-21(20)16-31/h3-7,12-14,18H,8-11,15-17H2,1-2H3. The summed E-state index contributed by atoms with van der Waals surface area (Å²) in [5.41, 5.74) is 3.10. The molecule has 2 aliphatic heterocycles. The second kappa shape index (κ2) is 9.67. The summed E-state index contributed by atoms with van der Waals surface area (Å²) in [6.45, 7) is 7.07. The first-order valence-electron chi connectivity index (χ1n) is 12.1. The van der Waals surface area contributed by atoms with E-state index in [-0.39, 0.29) is 35.8 Å². The van der Waals surface area contributed by atoms with E-state index in [1.807, 2.05) is 32.0 Å². The van der Waals surface area contributed by atoms with E-state index in [1.165, 1.54) is 22.6 Å². The molecule has 2 aliphatic rings. The number of aromatic nitrogens is 1. The predicted octanol–water partition coefficient (Wildman–Crippen LogP) is 3.99. The van der Waals surface area contributed by atoms with Gasteiger partial charge >= 0.3 is 6.09 Å². The number of rotatable bonds is 5. The molecule has 0 atom stereocenters. The van der Waals surface area contributed by atoms with E-state index < -0.39 is 10.0 Å². The van der Waals surface area contributed by atoms with E-state index in [4.69, 9.17) is 4.74 Å². The van der Waals surface area contributed by atoms with Gasteiger partial charge in [0, 0.05) is 50.9 Å². The van der Waals surface area contributed by atoms with Crippen molar-refractivity contribution in [1.29, 1.82) is 0 Å². The highest BCUT2D eigenvalue weighted by atomic mass is 32.2. The Kier molecular flexibility index (Phi) is 6.57. The van der Waals surface area contributed by atoms with Gasteiger partial charge in [-0.1, -0.05) is 32.0 Å². The minimum Gasteiger partial charge on any atom is -0.449 e. The van der Waals surface area contributed by atoms with E-state index in [0.29, 0.717) is 43.9 Å². The Morgan fingerprint density at radius 1 is 1.06 bits per heavy atom. The molecule has 0 aliphatic carbocycles. The highest BCUT2D eigenvalue weighted by molar-refractivity contribution is 7.89. The summed E-state index contributed by atoms with van der Waals surface area (Å²) in [5.74, 6) is -0.0873. The van der Waals surface area contributed by atoms with Gasteiger partial charge < -0.3 is 14.5 Å². The maximum Gasteiger partial charge on any atom is 0.409 e. The molecule has 10 heteroatoms. The van der Waals surface area contributed by atoms with Gasteiger partial charge in [-0.2, -0.15) is 4.31 Å². The Balaban J connectivity index is 1.32. The Morgan fingerprint density at radius 3 is 2.56 bits per heavy atom. The Hall–Kier alpha value is -3.24. The van der Waals surface area contributed by atoms with E-state index in [2.05, 4.69) is 9.88 Å². The molecule has 1 fully saturated rings. The average Bonchev–Trinajstić information content (AvgIpc) is 3.31. The fourth-order valence-corrected chi connectivity index (χ4v) is 6.01. The number of sulfonamides is 1. The SMILES string of the molecule is CC(C)COC(=O)N1CCN(c2cccc3cc(S(=O)(=O)N4Cc5ccc(F)cc5C4)cnc23)CC1. The van der Waals surface area contributed by atoms with Crippen LogP contribution in [0.2, 0.25) is 0 Å². The molecule has 190 valence electrons. The minimum atomic E-state index is -3.80. The summed E-state index contributed by atoms with van der Waals surface area (Å²) in [4.78, 5) is 20.8. The van der Waals surface area contributed by atoms with Gasteiger partial charge in [-0.05, 0) is 41.3 Å². The lowest BCUT2D eigenvalue weighted by Crippen LogP contribution is -2.49. The van der Waals surface area contributed by atoms with Crippen LogP contribution in [0.15, 0.2) is 53.6 Å². The third kappa shape index (κ3) is 4.75. The quantitative estimate of drug-likeness (QED) is 0.514. The molecule has 0 N–H and O–H groups in total. The van der Waals surface area contributed by atoms with Crippen LogP contribution in [0.4, 0.5) is 14.9 Å². The Bertz CT molecular complexity index is 1400. The number of fused-ring (bicyclic) bond motifs is 2. The van der Waals surface area contributed by atoms with E-state index in [9.17, 15) is 17.6 Å². The summed E-state index contributed by atoms with van der Waals surface area (Å²) in [5, 5.41) is 0.718. The molecule has 3 aromatic rings. The Labute approximate surface area is 210 Å². The lowest BCUT2D eigenvalue weighted by molar-refractivity contribution is 0.0902. The molecular formula is C26H29FN4O4S. The number of nitrogens with zero attached hydrogens (tertiary/aromatic N) is 4. The molecule has 3 heterocycles. The van der Waals surface area contributed by atoms with Crippen molar-refractivity contribution >= 4 is 32.7 Å². The number of pyridine rings is 1. The van der Waals surface area contributed by atoms with E-state index >= 15 is 0 Å². The van der Waals surface area contributed by atoms with Crippen LogP contribution in [0.3, 0.4) is 0 Å². The summed E-state index contributed by atoms with van der Waals surface area (Å²) < 4.78 is 47.0. The fraction of sp³-hybridized carbons (Fsp3) is 0.385. The van der Waals surface area contributed by atoms with Crippen LogP contribution in [-0.2, 0) is 27.8 Å². The average molecular weight is 513 g/mol. The molecule has 0 saturated carbocycles. The van der Waals surface area contributed by atoms with Gasteiger partial charge in [0.2, 0.25) is 10.0 Å². The zero-order valence-corrected chi connectivity index (χ0v) is 21.2. The monoisotopic (exact) mass is 512 g/mol. The number of carbonyl (C=O) groups excluding carboxylic acids is 1. The van der Waals surface area contributed by atoms with Crippen LogP contribution in [0.1, 0.15) is 25.0 Å². The molecule has 0 bridgehead atoms. The van der Waals surface area contributed by atoms with Crippen LogP contribution in [0.25, 0.3) is 10.9 Å². The number of carbonyl (C=O) groups is 1. The number of amides is 1. The summed E-state index contributed by atoms with van der Waals surface area (Å²) >= 11 is 0. The number of anilines is 1. The topological polar surface area (TPSA) is 83.0 Å². The largest absolute Gasteiger partial charge is 0.449 e. The zero-order valence-electron chi connectivity index (χ0n) is 20.4. The second-order valence-electron chi connectivity index (χ2n) is 9.65. The summed E-state index contributed by atoms with van der Waals surface area (Å²) in [6.07, 6.45) is 1.10. The molecule has 5 rings (SSSR count). The number of hydrogen-bond acceptors (Lipinski definition) is 6. The first kappa shape index (κ1) is 24.5. The maximum atomic E-state index is 13.6. The zero-order chi connectivity index (χ0) is 25.4. The molecule has 1 saturated heterocycles. The first-order valence-corrected chi connectivity index (χ1v) is 13.5. The fourth-order valence-electron chi connectivity index (χ4n) is 4.63. The van der Waals surface area contributed by atoms with Crippen LogP contribution in [0, 0.1) is 11.7 Å². The van der Waals surface area contributed by atoms with Crippen LogP contribution in [0.5, 0.6) is 0 Å². The third-order valence-corrected chi connectivity index (χ3v) is 8.34. The van der Waals surface area contributed by atoms with Crippen molar-refractivity contribution in [2.75, 3.05) is 37.7 Å². The molecule has 0 unspecified atom stereocenters. The van der Waals surface area contributed by atoms with E-state index in [1.54, 1.807) is 17.0 Å². The van der Waals surface area contributed by atoms with Crippen molar-refractivity contribution < 1.29 is 22.3 Å². The van der Waals surface area contributed by atoms with Crippen LogP contribution >= 0.6 is 0 Å². The summed E-state index contributed by atoms with van der Waals surface area (Å²) in [7, 11) is -3.80. The van der Waals surface area contributed by atoms with Gasteiger partial charge in [0.15, 0.2) is 0 Å². The van der Waals surface area contributed by atoms with Crippen molar-refractivity contribution in [2.24, 2.45) is 5.92 Å². The van der Waals surface area contributed by atoms with Crippen molar-refractivity contribution in [3.05, 3.63) is 65.6 Å². The second-order valence-corrected chi connectivity index (χ2v) is 11.6. The Morgan fingerprint density at radius 2 is 1.81 bits per heavy atom. The van der Waals surface area contributed by atoms with E-state index in [0.717, 1.165) is 16.6 Å². The van der Waals surface area contributed by atoms with Crippen molar-refractivity contribution in [2.45, 2.75) is 31.8 Å². The summed E-state index contributed by atoms with van der Waals surface area (Å²) in [6, 6.07) is 11.7. The molecule has 8 nitrogen and oxygen atoms in total. The van der Waals surface area contributed by atoms with Gasteiger partial charge in [0.05, 0.1) is 17.8 Å². The lowest BCUT2D eigenvalue weighted by Gasteiger charge is -2.35. The van der Waals surface area contributed by atoms with Crippen molar-refractivity contribution in [3.8, 4) is 0 Å². The number of hydrogen-bond donors (Lipinski definition) is 0. The lowest BCUT2D eigenvalue weighted by atomic mass is 10.1. The van der Waals surface area contributed by atoms with Gasteiger partial charge in [-0.25, -0.2) is 17.6 Å². The van der Waals surface area contributed by atoms with Crippen LogP contribution < -0.4 is 4.90 Å². The van der Waals surface area contributed by atoms with Gasteiger partial charge in [-0.15, -0.1) is 0 Å². The molecule has 36 heavy (non-hydrogen) atoms. The number of ether oxygens (including phenoxy) is 1. The number of piperazine rings is 1. The predicted molar refractivity (Wildman–Crippen MR) is 135 cm³/mol. The molecule has 1 amide bonds. The van der Waals surface area contributed by atoms with Crippen molar-refractivity contribution in [3.63, 3.8) is 0 Å². The van der Waals surface area contributed by atoms with Crippen molar-refractivity contribution in [1.82, 2.24) is 14.2 Å². The normalized spacial score (nSPS) is 16.6. The van der Waals surface area contributed by atoms with Gasteiger partial charge in [0.25, 0.3) is 0 Å². The number of halogens is 1. The van der Waals surface area contributed by atoms with Crippen LogP contribution in [-0.4, -0.2) is 61.5 Å². The smallest absolute Gasteiger partial charge is 0.409 e. The highest BCUT2D eigenvalue weighted by Gasteiger charge is 2.31. The van der Waals surface area contributed by atoms with Gasteiger partial charge in [-0.3, -0.25) is 4.98 Å². The van der Waals surface area contributed by atoms with Gasteiger partial charge in [0.1, 0.15) is 10.7 Å². The molecule has 0 radical (unpaired) electrons. The minimum absolute atomic E-state index is 0.109. The molecule has 0 spiro atoms. The molecule has 1 aromatic heterocycles.